The molecule has 5 nitrogen and oxygen atoms in total. The minimum absolute atomic E-state index is 0.139. The van der Waals surface area contributed by atoms with Crippen molar-refractivity contribution in [2.45, 2.75) is 32.9 Å². The van der Waals surface area contributed by atoms with Crippen LogP contribution < -0.4 is 10.1 Å². The van der Waals surface area contributed by atoms with Crippen molar-refractivity contribution in [3.8, 4) is 11.6 Å². The zero-order valence-corrected chi connectivity index (χ0v) is 13.8. The van der Waals surface area contributed by atoms with Crippen molar-refractivity contribution in [1.29, 1.82) is 0 Å². The fourth-order valence-corrected chi connectivity index (χ4v) is 2.11. The van der Waals surface area contributed by atoms with Crippen LogP contribution in [0.4, 0.5) is 4.39 Å². The van der Waals surface area contributed by atoms with Crippen LogP contribution in [0.1, 0.15) is 25.8 Å². The van der Waals surface area contributed by atoms with Gasteiger partial charge < -0.3 is 14.8 Å². The molecule has 1 N–H and O–H groups in total. The molecule has 0 saturated heterocycles. The average Bonchev–Trinajstić information content (AvgIpc) is 2.59. The van der Waals surface area contributed by atoms with E-state index in [2.05, 4.69) is 10.3 Å². The van der Waals surface area contributed by atoms with Crippen LogP contribution in [-0.2, 0) is 16.1 Å². The standard InChI is InChI=1S/C18H21FN2O3/c1-3-16(23-4-2)18(22)21-12-13-8-9-17(20-11-13)24-15-7-5-6-14(19)10-15/h5-11,16H,3-4,12H2,1-2H3,(H,21,22)/t16-/m0/s1. The molecule has 2 aromatic rings. The van der Waals surface area contributed by atoms with Crippen molar-refractivity contribution in [3.05, 3.63) is 54.0 Å². The molecule has 0 aliphatic carbocycles. The number of hydrogen-bond acceptors (Lipinski definition) is 4. The van der Waals surface area contributed by atoms with E-state index in [4.69, 9.17) is 9.47 Å². The molecule has 0 bridgehead atoms. The predicted molar refractivity (Wildman–Crippen MR) is 88.3 cm³/mol. The first kappa shape index (κ1) is 17.9. The molecular formula is C18H21FN2O3. The molecule has 1 heterocycles. The van der Waals surface area contributed by atoms with Crippen molar-refractivity contribution in [1.82, 2.24) is 10.3 Å². The highest BCUT2D eigenvalue weighted by atomic mass is 19.1. The van der Waals surface area contributed by atoms with Gasteiger partial charge in [0.05, 0.1) is 0 Å². The number of rotatable bonds is 8. The van der Waals surface area contributed by atoms with E-state index < -0.39 is 6.10 Å². The van der Waals surface area contributed by atoms with Gasteiger partial charge in [0.15, 0.2) is 0 Å². The fourth-order valence-electron chi connectivity index (χ4n) is 2.11. The Bertz CT molecular complexity index is 662. The highest BCUT2D eigenvalue weighted by Crippen LogP contribution is 2.19. The lowest BCUT2D eigenvalue weighted by Crippen LogP contribution is -2.35. The highest BCUT2D eigenvalue weighted by Gasteiger charge is 2.15. The maximum absolute atomic E-state index is 13.1. The van der Waals surface area contributed by atoms with Gasteiger partial charge in [-0.25, -0.2) is 9.37 Å². The molecule has 128 valence electrons. The predicted octanol–water partition coefficient (Wildman–Crippen LogP) is 3.44. The number of pyridine rings is 1. The lowest BCUT2D eigenvalue weighted by atomic mass is 10.2. The van der Waals surface area contributed by atoms with Crippen LogP contribution in [0, 0.1) is 5.82 Å². The maximum atomic E-state index is 13.1. The van der Waals surface area contributed by atoms with E-state index in [9.17, 15) is 9.18 Å². The van der Waals surface area contributed by atoms with Crippen molar-refractivity contribution in [2.75, 3.05) is 6.61 Å². The lowest BCUT2D eigenvalue weighted by Gasteiger charge is -2.14. The minimum atomic E-state index is -0.432. The zero-order valence-electron chi connectivity index (χ0n) is 13.8. The van der Waals surface area contributed by atoms with Gasteiger partial charge in [-0.05, 0) is 31.0 Å². The van der Waals surface area contributed by atoms with Gasteiger partial charge in [0.25, 0.3) is 0 Å². The van der Waals surface area contributed by atoms with Crippen molar-refractivity contribution >= 4 is 5.91 Å². The number of carbonyl (C=O) groups excluding carboxylic acids is 1. The van der Waals surface area contributed by atoms with E-state index >= 15 is 0 Å². The van der Waals surface area contributed by atoms with Gasteiger partial charge in [-0.2, -0.15) is 0 Å². The summed E-state index contributed by atoms with van der Waals surface area (Å²) in [6.45, 7) is 4.62. The SMILES string of the molecule is CCO[C@@H](CC)C(=O)NCc1ccc(Oc2cccc(F)c2)nc1. The summed E-state index contributed by atoms with van der Waals surface area (Å²) in [7, 11) is 0. The van der Waals surface area contributed by atoms with E-state index in [1.165, 1.54) is 12.1 Å². The molecule has 0 aliphatic heterocycles. The Labute approximate surface area is 140 Å². The Hall–Kier alpha value is -2.47. The van der Waals surface area contributed by atoms with Crippen molar-refractivity contribution < 1.29 is 18.7 Å². The molecule has 6 heteroatoms. The summed E-state index contributed by atoms with van der Waals surface area (Å²) in [6, 6.07) is 9.32. The second kappa shape index (κ2) is 8.98. The smallest absolute Gasteiger partial charge is 0.249 e. The third-order valence-electron chi connectivity index (χ3n) is 3.31. The van der Waals surface area contributed by atoms with Gasteiger partial charge in [-0.1, -0.05) is 19.1 Å². The monoisotopic (exact) mass is 332 g/mol. The first-order valence-electron chi connectivity index (χ1n) is 7.90. The lowest BCUT2D eigenvalue weighted by molar-refractivity contribution is -0.132. The molecule has 1 amide bonds. The molecule has 0 saturated carbocycles. The van der Waals surface area contributed by atoms with E-state index in [1.807, 2.05) is 13.8 Å². The van der Waals surface area contributed by atoms with Crippen LogP contribution in [0.15, 0.2) is 42.6 Å². The number of benzene rings is 1. The summed E-state index contributed by atoms with van der Waals surface area (Å²) in [5, 5.41) is 2.82. The van der Waals surface area contributed by atoms with Gasteiger partial charge in [-0.15, -0.1) is 0 Å². The number of carbonyl (C=O) groups is 1. The van der Waals surface area contributed by atoms with Crippen LogP contribution in [0.3, 0.4) is 0 Å². The van der Waals surface area contributed by atoms with Crippen LogP contribution in [0.5, 0.6) is 11.6 Å². The van der Waals surface area contributed by atoms with E-state index in [-0.39, 0.29) is 11.7 Å². The van der Waals surface area contributed by atoms with E-state index in [0.29, 0.717) is 31.2 Å². The summed E-state index contributed by atoms with van der Waals surface area (Å²) in [5.41, 5.74) is 0.835. The van der Waals surface area contributed by atoms with E-state index in [0.717, 1.165) is 5.56 Å². The number of ether oxygens (including phenoxy) is 2. The summed E-state index contributed by atoms with van der Waals surface area (Å²) in [6.07, 6.45) is 1.80. The van der Waals surface area contributed by atoms with Crippen LogP contribution in [0.2, 0.25) is 0 Å². The molecule has 1 atom stereocenters. The van der Waals surface area contributed by atoms with Gasteiger partial charge in [0.2, 0.25) is 11.8 Å². The minimum Gasteiger partial charge on any atom is -0.439 e. The van der Waals surface area contributed by atoms with Crippen molar-refractivity contribution in [3.63, 3.8) is 0 Å². The summed E-state index contributed by atoms with van der Waals surface area (Å²) in [5.74, 6) is 0.230. The highest BCUT2D eigenvalue weighted by molar-refractivity contribution is 5.80. The van der Waals surface area contributed by atoms with Crippen LogP contribution in [0.25, 0.3) is 0 Å². The van der Waals surface area contributed by atoms with Crippen LogP contribution >= 0.6 is 0 Å². The van der Waals surface area contributed by atoms with Crippen molar-refractivity contribution in [2.24, 2.45) is 0 Å². The molecule has 2 rings (SSSR count). The Morgan fingerprint density at radius 3 is 2.75 bits per heavy atom. The zero-order chi connectivity index (χ0) is 17.4. The van der Waals surface area contributed by atoms with Gasteiger partial charge in [0, 0.05) is 31.5 Å². The summed E-state index contributed by atoms with van der Waals surface area (Å²) >= 11 is 0. The maximum Gasteiger partial charge on any atom is 0.249 e. The second-order valence-electron chi connectivity index (χ2n) is 5.13. The number of aromatic nitrogens is 1. The first-order chi connectivity index (χ1) is 11.6. The topological polar surface area (TPSA) is 60.5 Å². The van der Waals surface area contributed by atoms with Gasteiger partial charge >= 0.3 is 0 Å². The molecule has 1 aromatic heterocycles. The quantitative estimate of drug-likeness (QED) is 0.804. The number of hydrogen-bond donors (Lipinski definition) is 1. The molecule has 0 spiro atoms. The Morgan fingerprint density at radius 1 is 1.29 bits per heavy atom. The van der Waals surface area contributed by atoms with Gasteiger partial charge in [0.1, 0.15) is 17.7 Å². The first-order valence-corrected chi connectivity index (χ1v) is 7.90. The number of nitrogens with zero attached hydrogens (tertiary/aromatic N) is 1. The molecule has 0 aliphatic rings. The Kier molecular flexibility index (Phi) is 6.69. The molecule has 24 heavy (non-hydrogen) atoms. The Morgan fingerprint density at radius 2 is 2.12 bits per heavy atom. The number of halogens is 1. The number of nitrogens with one attached hydrogen (secondary N) is 1. The average molecular weight is 332 g/mol. The molecular weight excluding hydrogens is 311 g/mol. The van der Waals surface area contributed by atoms with Gasteiger partial charge in [-0.3, -0.25) is 4.79 Å². The summed E-state index contributed by atoms with van der Waals surface area (Å²) in [4.78, 5) is 16.1. The van der Waals surface area contributed by atoms with Crippen LogP contribution in [-0.4, -0.2) is 23.6 Å². The molecule has 0 radical (unpaired) electrons. The summed E-state index contributed by atoms with van der Waals surface area (Å²) < 4.78 is 23.9. The second-order valence-corrected chi connectivity index (χ2v) is 5.13. The Balaban J connectivity index is 1.89. The normalized spacial score (nSPS) is 11.8. The molecule has 1 aromatic carbocycles. The fraction of sp³-hybridized carbons (Fsp3) is 0.333. The third-order valence-corrected chi connectivity index (χ3v) is 3.31. The molecule has 0 unspecified atom stereocenters. The third kappa shape index (κ3) is 5.31. The van der Waals surface area contributed by atoms with E-state index in [1.54, 1.807) is 30.5 Å². The molecule has 0 fully saturated rings. The number of amides is 1. The largest absolute Gasteiger partial charge is 0.439 e.